The highest BCUT2D eigenvalue weighted by molar-refractivity contribution is 5.92. The number of ether oxygens (including phenoxy) is 1. The summed E-state index contributed by atoms with van der Waals surface area (Å²) in [5, 5.41) is 5.59. The van der Waals surface area contributed by atoms with Crippen molar-refractivity contribution in [3.63, 3.8) is 0 Å². The van der Waals surface area contributed by atoms with Gasteiger partial charge in [-0.2, -0.15) is 0 Å². The van der Waals surface area contributed by atoms with Crippen molar-refractivity contribution in [3.8, 4) is 5.75 Å². The minimum absolute atomic E-state index is 0.0899. The molecule has 2 aromatic carbocycles. The van der Waals surface area contributed by atoms with Gasteiger partial charge in [-0.25, -0.2) is 4.98 Å². The molecule has 0 spiro atoms. The minimum Gasteiger partial charge on any atom is -0.497 e. The van der Waals surface area contributed by atoms with Crippen LogP contribution in [0.25, 0.3) is 11.0 Å². The number of hydrogen-bond acceptors (Lipinski definition) is 4. The summed E-state index contributed by atoms with van der Waals surface area (Å²) < 4.78 is 6.97. The number of carbonyl (C=O) groups excluding carboxylic acids is 2. The number of amides is 2. The predicted octanol–water partition coefficient (Wildman–Crippen LogP) is 2.32. The van der Waals surface area contributed by atoms with E-state index in [-0.39, 0.29) is 24.9 Å². The van der Waals surface area contributed by atoms with E-state index in [9.17, 15) is 9.59 Å². The van der Waals surface area contributed by atoms with Gasteiger partial charge in [0.15, 0.2) is 0 Å². The molecule has 0 saturated heterocycles. The molecule has 0 bridgehead atoms. The Morgan fingerprint density at radius 3 is 2.73 bits per heavy atom. The fourth-order valence-electron chi connectivity index (χ4n) is 2.69. The third-order valence-electron chi connectivity index (χ3n) is 3.88. The van der Waals surface area contributed by atoms with Gasteiger partial charge in [0.05, 0.1) is 24.7 Å². The lowest BCUT2D eigenvalue weighted by Crippen LogP contribution is -2.24. The van der Waals surface area contributed by atoms with Crippen LogP contribution in [0.15, 0.2) is 48.5 Å². The van der Waals surface area contributed by atoms with Gasteiger partial charge in [-0.3, -0.25) is 9.59 Å². The average Bonchev–Trinajstić information content (AvgIpc) is 2.97. The number of benzene rings is 2. The third kappa shape index (κ3) is 4.00. The minimum atomic E-state index is -0.189. The monoisotopic (exact) mass is 352 g/mol. The Morgan fingerprint density at radius 1 is 1.15 bits per heavy atom. The summed E-state index contributed by atoms with van der Waals surface area (Å²) >= 11 is 0. The van der Waals surface area contributed by atoms with Gasteiger partial charge < -0.3 is 19.9 Å². The van der Waals surface area contributed by atoms with E-state index < -0.39 is 0 Å². The number of imidazole rings is 1. The quantitative estimate of drug-likeness (QED) is 0.713. The van der Waals surface area contributed by atoms with Crippen LogP contribution in [0.3, 0.4) is 0 Å². The maximum atomic E-state index is 12.5. The van der Waals surface area contributed by atoms with Crippen LogP contribution in [0.4, 0.5) is 5.69 Å². The first-order valence-electron chi connectivity index (χ1n) is 8.19. The van der Waals surface area contributed by atoms with Crippen LogP contribution in [0.2, 0.25) is 0 Å². The Labute approximate surface area is 151 Å². The van der Waals surface area contributed by atoms with E-state index in [1.807, 2.05) is 36.4 Å². The Hall–Kier alpha value is -3.35. The molecule has 134 valence electrons. The smallest absolute Gasteiger partial charge is 0.244 e. The van der Waals surface area contributed by atoms with Crippen molar-refractivity contribution in [2.75, 3.05) is 12.4 Å². The van der Waals surface area contributed by atoms with Crippen LogP contribution in [-0.4, -0.2) is 28.5 Å². The summed E-state index contributed by atoms with van der Waals surface area (Å²) in [7, 11) is 1.58. The molecule has 0 unspecified atom stereocenters. The molecule has 7 nitrogen and oxygen atoms in total. The number of fused-ring (bicyclic) bond motifs is 1. The fourth-order valence-corrected chi connectivity index (χ4v) is 2.69. The highest BCUT2D eigenvalue weighted by atomic mass is 16.5. The Kier molecular flexibility index (Phi) is 5.17. The molecule has 26 heavy (non-hydrogen) atoms. The van der Waals surface area contributed by atoms with E-state index in [0.29, 0.717) is 17.3 Å². The van der Waals surface area contributed by atoms with Gasteiger partial charge in [0, 0.05) is 18.7 Å². The van der Waals surface area contributed by atoms with E-state index in [0.717, 1.165) is 11.0 Å². The van der Waals surface area contributed by atoms with Gasteiger partial charge in [-0.05, 0) is 24.3 Å². The number of rotatable bonds is 6. The standard InChI is InChI=1S/C19H20N4O3/c1-13(24)20-11-18-22-16-8-3-4-9-17(16)23(18)12-19(25)21-14-6-5-7-15(10-14)26-2/h3-10H,11-12H2,1-2H3,(H,20,24)(H,21,25). The second-order valence-corrected chi connectivity index (χ2v) is 5.79. The summed E-state index contributed by atoms with van der Waals surface area (Å²) in [6.45, 7) is 1.80. The number of nitrogens with zero attached hydrogens (tertiary/aromatic N) is 2. The van der Waals surface area contributed by atoms with Gasteiger partial charge in [0.2, 0.25) is 11.8 Å². The van der Waals surface area contributed by atoms with E-state index in [1.165, 1.54) is 6.92 Å². The Morgan fingerprint density at radius 2 is 1.96 bits per heavy atom. The molecule has 0 aliphatic rings. The number of aromatic nitrogens is 2. The second kappa shape index (κ2) is 7.69. The van der Waals surface area contributed by atoms with Crippen molar-refractivity contribution >= 4 is 28.5 Å². The molecule has 1 heterocycles. The number of para-hydroxylation sites is 2. The molecule has 0 aliphatic carbocycles. The molecular formula is C19H20N4O3. The van der Waals surface area contributed by atoms with Crippen LogP contribution >= 0.6 is 0 Å². The van der Waals surface area contributed by atoms with Gasteiger partial charge in [0.1, 0.15) is 18.1 Å². The molecule has 2 N–H and O–H groups in total. The molecule has 7 heteroatoms. The normalized spacial score (nSPS) is 10.5. The van der Waals surface area contributed by atoms with E-state index in [4.69, 9.17) is 4.74 Å². The largest absolute Gasteiger partial charge is 0.497 e. The molecule has 0 fully saturated rings. The Balaban J connectivity index is 1.82. The number of nitrogens with one attached hydrogen (secondary N) is 2. The first kappa shape index (κ1) is 17.5. The number of methoxy groups -OCH3 is 1. The van der Waals surface area contributed by atoms with Crippen molar-refractivity contribution in [1.29, 1.82) is 0 Å². The first-order chi connectivity index (χ1) is 12.6. The van der Waals surface area contributed by atoms with E-state index >= 15 is 0 Å². The van der Waals surface area contributed by atoms with Crippen molar-refractivity contribution in [1.82, 2.24) is 14.9 Å². The highest BCUT2D eigenvalue weighted by Gasteiger charge is 2.14. The Bertz CT molecular complexity index is 949. The molecule has 3 aromatic rings. The molecule has 3 rings (SSSR count). The van der Waals surface area contributed by atoms with Gasteiger partial charge in [-0.1, -0.05) is 18.2 Å². The molecule has 0 atom stereocenters. The first-order valence-corrected chi connectivity index (χ1v) is 8.19. The van der Waals surface area contributed by atoms with Gasteiger partial charge >= 0.3 is 0 Å². The number of carbonyl (C=O) groups is 2. The molecule has 0 radical (unpaired) electrons. The SMILES string of the molecule is COc1cccc(NC(=O)Cn2c(CNC(C)=O)nc3ccccc32)c1. The van der Waals surface area contributed by atoms with E-state index in [1.54, 1.807) is 23.8 Å². The van der Waals surface area contributed by atoms with Crippen LogP contribution in [0, 0.1) is 0 Å². The lowest BCUT2D eigenvalue weighted by molar-refractivity contribution is -0.119. The van der Waals surface area contributed by atoms with E-state index in [2.05, 4.69) is 15.6 Å². The highest BCUT2D eigenvalue weighted by Crippen LogP contribution is 2.18. The summed E-state index contributed by atoms with van der Waals surface area (Å²) in [4.78, 5) is 28.3. The molecular weight excluding hydrogens is 332 g/mol. The maximum absolute atomic E-state index is 12.5. The zero-order valence-corrected chi connectivity index (χ0v) is 14.7. The summed E-state index contributed by atoms with van der Waals surface area (Å²) in [5.41, 5.74) is 2.28. The van der Waals surface area contributed by atoms with Crippen LogP contribution in [-0.2, 0) is 22.7 Å². The zero-order chi connectivity index (χ0) is 18.5. The van der Waals surface area contributed by atoms with Gasteiger partial charge in [0.25, 0.3) is 0 Å². The topological polar surface area (TPSA) is 85.2 Å². The van der Waals surface area contributed by atoms with Crippen molar-refractivity contribution in [2.45, 2.75) is 20.0 Å². The number of hydrogen-bond donors (Lipinski definition) is 2. The fraction of sp³-hybridized carbons (Fsp3) is 0.211. The molecule has 0 aliphatic heterocycles. The molecule has 1 aromatic heterocycles. The summed E-state index contributed by atoms with van der Waals surface area (Å²) in [5.74, 6) is 0.958. The van der Waals surface area contributed by atoms with Crippen LogP contribution in [0.5, 0.6) is 5.75 Å². The van der Waals surface area contributed by atoms with Crippen LogP contribution in [0.1, 0.15) is 12.7 Å². The van der Waals surface area contributed by atoms with Crippen LogP contribution < -0.4 is 15.4 Å². The van der Waals surface area contributed by atoms with Crippen molar-refractivity contribution in [3.05, 3.63) is 54.4 Å². The molecule has 2 amide bonds. The second-order valence-electron chi connectivity index (χ2n) is 5.79. The summed E-state index contributed by atoms with van der Waals surface area (Å²) in [6.07, 6.45) is 0. The lowest BCUT2D eigenvalue weighted by Gasteiger charge is -2.11. The summed E-state index contributed by atoms with van der Waals surface area (Å²) in [6, 6.07) is 14.7. The zero-order valence-electron chi connectivity index (χ0n) is 14.7. The van der Waals surface area contributed by atoms with Crippen molar-refractivity contribution < 1.29 is 14.3 Å². The lowest BCUT2D eigenvalue weighted by atomic mass is 10.3. The van der Waals surface area contributed by atoms with Gasteiger partial charge in [-0.15, -0.1) is 0 Å². The van der Waals surface area contributed by atoms with Crippen molar-refractivity contribution in [2.24, 2.45) is 0 Å². The molecule has 0 saturated carbocycles. The third-order valence-corrected chi connectivity index (χ3v) is 3.88. The predicted molar refractivity (Wildman–Crippen MR) is 98.9 cm³/mol. The number of anilines is 1. The average molecular weight is 352 g/mol. The maximum Gasteiger partial charge on any atom is 0.244 e.